The second kappa shape index (κ2) is 6.01. The van der Waals surface area contributed by atoms with E-state index in [4.69, 9.17) is 0 Å². The smallest absolute Gasteiger partial charge is 0.309 e. The van der Waals surface area contributed by atoms with Crippen LogP contribution in [0.15, 0.2) is 24.3 Å². The van der Waals surface area contributed by atoms with E-state index in [0.717, 1.165) is 6.42 Å². The van der Waals surface area contributed by atoms with Crippen LogP contribution in [-0.4, -0.2) is 16.2 Å². The van der Waals surface area contributed by atoms with Crippen LogP contribution in [0, 0.1) is 5.92 Å². The summed E-state index contributed by atoms with van der Waals surface area (Å²) in [6.07, 6.45) is 1.74. The fourth-order valence-corrected chi connectivity index (χ4v) is 2.40. The van der Waals surface area contributed by atoms with Crippen LogP contribution in [0.25, 0.3) is 0 Å². The largest absolute Gasteiger partial charge is 0.481 e. The molecule has 0 aromatic heterocycles. The van der Waals surface area contributed by atoms with Crippen molar-refractivity contribution in [3.8, 4) is 0 Å². The van der Waals surface area contributed by atoms with E-state index in [1.807, 2.05) is 31.2 Å². The maximum Gasteiger partial charge on any atom is 0.309 e. The third kappa shape index (κ3) is 2.72. The molecule has 1 rings (SSSR count). The fourth-order valence-electron chi connectivity index (χ4n) is 2.40. The summed E-state index contributed by atoms with van der Waals surface area (Å²) in [7, 11) is 0. The van der Waals surface area contributed by atoms with Crippen molar-refractivity contribution >= 4 is 5.97 Å². The molecule has 3 nitrogen and oxygen atoms in total. The molecule has 0 bridgehead atoms. The number of benzene rings is 1. The van der Waals surface area contributed by atoms with Crippen molar-refractivity contribution in [2.45, 2.75) is 45.6 Å². The maximum absolute atomic E-state index is 11.3. The molecule has 0 amide bonds. The van der Waals surface area contributed by atoms with Crippen LogP contribution in [0.1, 0.15) is 44.7 Å². The van der Waals surface area contributed by atoms with Crippen LogP contribution in [0.4, 0.5) is 0 Å². The summed E-state index contributed by atoms with van der Waals surface area (Å²) in [6, 6.07) is 7.58. The highest BCUT2D eigenvalue weighted by molar-refractivity contribution is 5.72. The summed E-state index contributed by atoms with van der Waals surface area (Å²) in [5.41, 5.74) is 0.587. The Balaban J connectivity index is 3.16. The predicted molar refractivity (Wildman–Crippen MR) is 71.4 cm³/mol. The molecule has 0 fully saturated rings. The Morgan fingerprint density at radius 3 is 2.11 bits per heavy atom. The lowest BCUT2D eigenvalue weighted by Gasteiger charge is -2.33. The van der Waals surface area contributed by atoms with Crippen LogP contribution in [0.3, 0.4) is 0 Å². The van der Waals surface area contributed by atoms with Crippen molar-refractivity contribution in [3.63, 3.8) is 0 Å². The number of aliphatic carboxylic acids is 1. The highest BCUT2D eigenvalue weighted by Crippen LogP contribution is 2.35. The monoisotopic (exact) mass is 250 g/mol. The Bertz CT molecular complexity index is 397. The predicted octanol–water partition coefficient (Wildman–Crippen LogP) is 2.96. The Morgan fingerprint density at radius 2 is 1.78 bits per heavy atom. The van der Waals surface area contributed by atoms with Gasteiger partial charge in [0.2, 0.25) is 0 Å². The molecule has 2 N–H and O–H groups in total. The van der Waals surface area contributed by atoms with Crippen LogP contribution in [0.2, 0.25) is 0 Å². The summed E-state index contributed by atoms with van der Waals surface area (Å²) < 4.78 is 0. The Labute approximate surface area is 108 Å². The first-order chi connectivity index (χ1) is 8.49. The Hall–Kier alpha value is -1.35. The molecule has 2 atom stereocenters. The van der Waals surface area contributed by atoms with Gasteiger partial charge in [-0.3, -0.25) is 4.79 Å². The van der Waals surface area contributed by atoms with Gasteiger partial charge in [0.05, 0.1) is 5.92 Å². The van der Waals surface area contributed by atoms with E-state index >= 15 is 0 Å². The van der Waals surface area contributed by atoms with Gasteiger partial charge in [0.25, 0.3) is 0 Å². The number of hydrogen-bond acceptors (Lipinski definition) is 2. The number of aliphatic hydroxyl groups is 1. The van der Waals surface area contributed by atoms with E-state index in [2.05, 4.69) is 6.92 Å². The Kier molecular flexibility index (Phi) is 4.91. The van der Waals surface area contributed by atoms with Gasteiger partial charge < -0.3 is 10.2 Å². The van der Waals surface area contributed by atoms with Crippen molar-refractivity contribution in [2.24, 2.45) is 5.92 Å². The number of carboxylic acids is 1. The van der Waals surface area contributed by atoms with Gasteiger partial charge in [-0.05, 0) is 30.4 Å². The zero-order valence-corrected chi connectivity index (χ0v) is 11.3. The molecule has 0 saturated heterocycles. The Morgan fingerprint density at radius 1 is 1.22 bits per heavy atom. The van der Waals surface area contributed by atoms with E-state index in [0.29, 0.717) is 18.4 Å². The molecule has 100 valence electrons. The van der Waals surface area contributed by atoms with E-state index in [1.54, 1.807) is 6.92 Å². The number of carboxylic acid groups (broad SMARTS) is 1. The van der Waals surface area contributed by atoms with Crippen molar-refractivity contribution in [3.05, 3.63) is 35.4 Å². The first-order valence-corrected chi connectivity index (χ1v) is 6.54. The van der Waals surface area contributed by atoms with Gasteiger partial charge in [0.1, 0.15) is 5.60 Å². The van der Waals surface area contributed by atoms with Crippen molar-refractivity contribution in [1.82, 2.24) is 0 Å². The molecule has 1 aromatic rings. The van der Waals surface area contributed by atoms with Gasteiger partial charge in [-0.2, -0.15) is 0 Å². The molecule has 0 heterocycles. The molecule has 0 aliphatic heterocycles. The van der Waals surface area contributed by atoms with Crippen molar-refractivity contribution < 1.29 is 15.0 Å². The molecular weight excluding hydrogens is 228 g/mol. The quantitative estimate of drug-likeness (QED) is 0.816. The summed E-state index contributed by atoms with van der Waals surface area (Å²) in [5, 5.41) is 19.9. The fraction of sp³-hybridized carbons (Fsp3) is 0.533. The van der Waals surface area contributed by atoms with E-state index < -0.39 is 17.5 Å². The van der Waals surface area contributed by atoms with Gasteiger partial charge in [0.15, 0.2) is 0 Å². The molecule has 2 unspecified atom stereocenters. The minimum absolute atomic E-state index is 0.392. The highest BCUT2D eigenvalue weighted by Gasteiger charge is 2.40. The molecule has 0 aliphatic rings. The van der Waals surface area contributed by atoms with Crippen LogP contribution < -0.4 is 0 Å². The lowest BCUT2D eigenvalue weighted by Crippen LogP contribution is -2.39. The second-order valence-corrected chi connectivity index (χ2v) is 4.63. The number of aryl methyl sites for hydroxylation is 1. The van der Waals surface area contributed by atoms with Gasteiger partial charge >= 0.3 is 5.97 Å². The first kappa shape index (κ1) is 14.7. The summed E-state index contributed by atoms with van der Waals surface area (Å²) in [6.45, 7) is 5.67. The molecule has 0 spiro atoms. The number of hydrogen-bond donors (Lipinski definition) is 2. The zero-order chi connectivity index (χ0) is 13.8. The van der Waals surface area contributed by atoms with E-state index in [1.165, 1.54) is 5.56 Å². The SMILES string of the molecule is CCc1ccc(C(O)(CC)C(CC)C(=O)O)cc1. The molecule has 18 heavy (non-hydrogen) atoms. The van der Waals surface area contributed by atoms with Gasteiger partial charge in [-0.25, -0.2) is 0 Å². The van der Waals surface area contributed by atoms with Crippen LogP contribution in [0.5, 0.6) is 0 Å². The molecule has 0 saturated carbocycles. The van der Waals surface area contributed by atoms with Crippen LogP contribution >= 0.6 is 0 Å². The van der Waals surface area contributed by atoms with Crippen LogP contribution in [-0.2, 0) is 16.8 Å². The third-order valence-corrected chi connectivity index (χ3v) is 3.68. The third-order valence-electron chi connectivity index (χ3n) is 3.68. The average molecular weight is 250 g/mol. The average Bonchev–Trinajstić information content (AvgIpc) is 2.38. The molecular formula is C15H22O3. The zero-order valence-electron chi connectivity index (χ0n) is 11.3. The normalized spacial score (nSPS) is 16.0. The highest BCUT2D eigenvalue weighted by atomic mass is 16.4. The second-order valence-electron chi connectivity index (χ2n) is 4.63. The minimum atomic E-state index is -1.28. The summed E-state index contributed by atoms with van der Waals surface area (Å²) in [4.78, 5) is 11.3. The molecule has 1 aromatic carbocycles. The number of rotatable bonds is 6. The minimum Gasteiger partial charge on any atom is -0.481 e. The van der Waals surface area contributed by atoms with Gasteiger partial charge in [-0.1, -0.05) is 45.0 Å². The lowest BCUT2D eigenvalue weighted by molar-refractivity contribution is -0.153. The van der Waals surface area contributed by atoms with Crippen molar-refractivity contribution in [2.75, 3.05) is 0 Å². The number of carbonyl (C=O) groups is 1. The van der Waals surface area contributed by atoms with Gasteiger partial charge in [-0.15, -0.1) is 0 Å². The molecule has 0 radical (unpaired) electrons. The first-order valence-electron chi connectivity index (χ1n) is 6.54. The van der Waals surface area contributed by atoms with E-state index in [9.17, 15) is 15.0 Å². The van der Waals surface area contributed by atoms with Gasteiger partial charge in [0, 0.05) is 0 Å². The topological polar surface area (TPSA) is 57.5 Å². The standard InChI is InChI=1S/C15H22O3/c1-4-11-7-9-12(10-8-11)15(18,6-3)13(5-2)14(16)17/h7-10,13,18H,4-6H2,1-3H3,(H,16,17). The summed E-state index contributed by atoms with van der Waals surface area (Å²) in [5.74, 6) is -1.71. The lowest BCUT2D eigenvalue weighted by atomic mass is 9.77. The molecule has 0 aliphatic carbocycles. The van der Waals surface area contributed by atoms with Crippen molar-refractivity contribution in [1.29, 1.82) is 0 Å². The van der Waals surface area contributed by atoms with E-state index in [-0.39, 0.29) is 0 Å². The molecule has 3 heteroatoms. The summed E-state index contributed by atoms with van der Waals surface area (Å²) >= 11 is 0. The maximum atomic E-state index is 11.3.